The molecule has 0 aromatic heterocycles. The standard InChI is InChI=1S/C24H18Cl2N2O3/c1-14-7-9-15(10-8-14)21-20-22(31-28(21)17-5-3-2-4-6-17)24(30)27(23(20)29)19-12-11-16(25)13-18(19)26/h2-13,20-22H,1H3/t20-,21-,22+/m0/s1. The molecule has 3 atom stereocenters. The highest BCUT2D eigenvalue weighted by Crippen LogP contribution is 2.48. The predicted molar refractivity (Wildman–Crippen MR) is 120 cm³/mol. The summed E-state index contributed by atoms with van der Waals surface area (Å²) < 4.78 is 0. The summed E-state index contributed by atoms with van der Waals surface area (Å²) in [6, 6.07) is 21.6. The normalized spacial score (nSPS) is 22.9. The number of carbonyl (C=O) groups is 2. The SMILES string of the molecule is Cc1ccc([C@H]2[C@@H]3C(=O)N(c4ccc(Cl)cc4Cl)C(=O)[C@@H]3ON2c2ccccc2)cc1. The molecule has 5 nitrogen and oxygen atoms in total. The van der Waals surface area contributed by atoms with Gasteiger partial charge in [0, 0.05) is 5.02 Å². The number of benzene rings is 3. The second kappa shape index (κ2) is 7.68. The molecule has 0 radical (unpaired) electrons. The molecule has 0 saturated carbocycles. The lowest BCUT2D eigenvalue weighted by molar-refractivity contribution is -0.126. The molecule has 5 rings (SSSR count). The maximum Gasteiger partial charge on any atom is 0.266 e. The number of carbonyl (C=O) groups excluding carboxylic acids is 2. The van der Waals surface area contributed by atoms with Crippen LogP contribution in [0.25, 0.3) is 0 Å². The zero-order valence-corrected chi connectivity index (χ0v) is 18.0. The van der Waals surface area contributed by atoms with Crippen molar-refractivity contribution >= 4 is 46.4 Å². The number of hydroxylamine groups is 1. The van der Waals surface area contributed by atoms with Crippen molar-refractivity contribution in [2.45, 2.75) is 19.1 Å². The van der Waals surface area contributed by atoms with Crippen molar-refractivity contribution in [2.24, 2.45) is 5.92 Å². The Morgan fingerprint density at radius 2 is 1.58 bits per heavy atom. The van der Waals surface area contributed by atoms with E-state index in [-0.39, 0.29) is 10.9 Å². The molecule has 0 spiro atoms. The molecule has 0 aliphatic carbocycles. The van der Waals surface area contributed by atoms with Gasteiger partial charge in [-0.25, -0.2) is 9.96 Å². The molecule has 2 amide bonds. The first-order valence-electron chi connectivity index (χ1n) is 9.86. The Morgan fingerprint density at radius 3 is 2.26 bits per heavy atom. The highest BCUT2D eigenvalue weighted by molar-refractivity contribution is 6.38. The van der Waals surface area contributed by atoms with Gasteiger partial charge < -0.3 is 0 Å². The first kappa shape index (κ1) is 20.1. The van der Waals surface area contributed by atoms with Crippen molar-refractivity contribution in [1.29, 1.82) is 0 Å². The number of hydrogen-bond acceptors (Lipinski definition) is 4. The lowest BCUT2D eigenvalue weighted by atomic mass is 9.90. The number of imide groups is 1. The predicted octanol–water partition coefficient (Wildman–Crippen LogP) is 5.35. The fraction of sp³-hybridized carbons (Fsp3) is 0.167. The molecular weight excluding hydrogens is 435 g/mol. The van der Waals surface area contributed by atoms with Gasteiger partial charge in [0.25, 0.3) is 5.91 Å². The highest BCUT2D eigenvalue weighted by atomic mass is 35.5. The molecule has 0 unspecified atom stereocenters. The number of hydrogen-bond donors (Lipinski definition) is 0. The van der Waals surface area contributed by atoms with Gasteiger partial charge in [0.2, 0.25) is 5.91 Å². The van der Waals surface area contributed by atoms with Gasteiger partial charge in [-0.05, 0) is 42.8 Å². The summed E-state index contributed by atoms with van der Waals surface area (Å²) >= 11 is 12.3. The molecule has 2 aliphatic rings. The lowest BCUT2D eigenvalue weighted by Crippen LogP contribution is -2.37. The monoisotopic (exact) mass is 452 g/mol. The maximum atomic E-state index is 13.6. The van der Waals surface area contributed by atoms with Crippen LogP contribution in [0.5, 0.6) is 0 Å². The van der Waals surface area contributed by atoms with Crippen LogP contribution >= 0.6 is 23.2 Å². The number of amides is 2. The minimum Gasteiger partial charge on any atom is -0.273 e. The van der Waals surface area contributed by atoms with Crippen LogP contribution in [0, 0.1) is 12.8 Å². The van der Waals surface area contributed by atoms with E-state index in [4.69, 9.17) is 28.0 Å². The van der Waals surface area contributed by atoms with Gasteiger partial charge in [-0.15, -0.1) is 0 Å². The van der Waals surface area contributed by atoms with Crippen LogP contribution in [0.15, 0.2) is 72.8 Å². The van der Waals surface area contributed by atoms with Crippen LogP contribution < -0.4 is 9.96 Å². The summed E-state index contributed by atoms with van der Waals surface area (Å²) in [5.74, 6) is -1.49. The molecule has 2 saturated heterocycles. The quantitative estimate of drug-likeness (QED) is 0.502. The first-order valence-corrected chi connectivity index (χ1v) is 10.6. The molecule has 31 heavy (non-hydrogen) atoms. The van der Waals surface area contributed by atoms with E-state index in [1.807, 2.05) is 61.5 Å². The minimum absolute atomic E-state index is 0.237. The molecule has 2 aliphatic heterocycles. The van der Waals surface area contributed by atoms with Crippen LogP contribution in [-0.2, 0) is 14.4 Å². The fourth-order valence-corrected chi connectivity index (χ4v) is 4.71. The molecule has 0 bridgehead atoms. The van der Waals surface area contributed by atoms with Gasteiger partial charge in [-0.3, -0.25) is 14.4 Å². The number of rotatable bonds is 3. The van der Waals surface area contributed by atoms with Crippen LogP contribution in [0.1, 0.15) is 17.2 Å². The summed E-state index contributed by atoms with van der Waals surface area (Å²) in [5.41, 5.74) is 3.09. The zero-order chi connectivity index (χ0) is 21.7. The third-order valence-electron chi connectivity index (χ3n) is 5.70. The Kier molecular flexibility index (Phi) is 4.97. The summed E-state index contributed by atoms with van der Waals surface area (Å²) in [5, 5.41) is 2.34. The summed E-state index contributed by atoms with van der Waals surface area (Å²) in [7, 11) is 0. The second-order valence-corrected chi connectivity index (χ2v) is 8.52. The highest BCUT2D eigenvalue weighted by Gasteiger charge is 2.60. The van der Waals surface area contributed by atoms with E-state index in [2.05, 4.69) is 0 Å². The van der Waals surface area contributed by atoms with Crippen molar-refractivity contribution in [3.8, 4) is 0 Å². The molecule has 2 heterocycles. The van der Waals surface area contributed by atoms with Crippen molar-refractivity contribution in [3.63, 3.8) is 0 Å². The number of aryl methyl sites for hydroxylation is 1. The van der Waals surface area contributed by atoms with E-state index in [1.54, 1.807) is 17.2 Å². The number of anilines is 2. The van der Waals surface area contributed by atoms with Crippen LogP contribution in [-0.4, -0.2) is 17.9 Å². The number of para-hydroxylation sites is 1. The van der Waals surface area contributed by atoms with Gasteiger partial charge in [-0.1, -0.05) is 71.2 Å². The Morgan fingerprint density at radius 1 is 0.871 bits per heavy atom. The van der Waals surface area contributed by atoms with E-state index >= 15 is 0 Å². The van der Waals surface area contributed by atoms with Gasteiger partial charge in [0.1, 0.15) is 5.92 Å². The zero-order valence-electron chi connectivity index (χ0n) is 16.5. The molecule has 0 N–H and O–H groups in total. The average Bonchev–Trinajstić information content (AvgIpc) is 3.26. The number of nitrogens with zero attached hydrogens (tertiary/aromatic N) is 2. The fourth-order valence-electron chi connectivity index (χ4n) is 4.22. The average molecular weight is 453 g/mol. The largest absolute Gasteiger partial charge is 0.273 e. The van der Waals surface area contributed by atoms with Crippen LogP contribution in [0.4, 0.5) is 11.4 Å². The Hall–Kier alpha value is -2.86. The smallest absolute Gasteiger partial charge is 0.266 e. The van der Waals surface area contributed by atoms with E-state index < -0.39 is 24.0 Å². The molecule has 3 aromatic rings. The topological polar surface area (TPSA) is 49.9 Å². The van der Waals surface area contributed by atoms with Crippen molar-refractivity contribution in [1.82, 2.24) is 0 Å². The van der Waals surface area contributed by atoms with E-state index in [0.717, 1.165) is 21.7 Å². The third kappa shape index (κ3) is 3.30. The van der Waals surface area contributed by atoms with Crippen LogP contribution in [0.2, 0.25) is 10.0 Å². The Bertz CT molecular complexity index is 1170. The van der Waals surface area contributed by atoms with E-state index in [0.29, 0.717) is 10.7 Å². The van der Waals surface area contributed by atoms with Crippen LogP contribution in [0.3, 0.4) is 0 Å². The number of halogens is 2. The third-order valence-corrected chi connectivity index (χ3v) is 6.23. The molecule has 156 valence electrons. The van der Waals surface area contributed by atoms with Gasteiger partial charge in [-0.2, -0.15) is 0 Å². The van der Waals surface area contributed by atoms with Gasteiger partial charge in [0.05, 0.1) is 22.4 Å². The Balaban J connectivity index is 1.59. The summed E-state index contributed by atoms with van der Waals surface area (Å²) in [6.45, 7) is 2.00. The lowest BCUT2D eigenvalue weighted by Gasteiger charge is -2.29. The molecular formula is C24H18Cl2N2O3. The second-order valence-electron chi connectivity index (χ2n) is 7.68. The van der Waals surface area contributed by atoms with Crippen molar-refractivity contribution < 1.29 is 14.4 Å². The Labute approximate surface area is 189 Å². The van der Waals surface area contributed by atoms with Crippen molar-refractivity contribution in [3.05, 3.63) is 94.0 Å². The maximum absolute atomic E-state index is 13.6. The molecule has 7 heteroatoms. The van der Waals surface area contributed by atoms with E-state index in [9.17, 15) is 9.59 Å². The van der Waals surface area contributed by atoms with Gasteiger partial charge >= 0.3 is 0 Å². The minimum atomic E-state index is -0.939. The summed E-state index contributed by atoms with van der Waals surface area (Å²) in [6.07, 6.45) is -0.939. The first-order chi connectivity index (χ1) is 15.0. The molecule has 3 aromatic carbocycles. The van der Waals surface area contributed by atoms with Crippen molar-refractivity contribution in [2.75, 3.05) is 9.96 Å². The van der Waals surface area contributed by atoms with Gasteiger partial charge in [0.15, 0.2) is 6.10 Å². The summed E-state index contributed by atoms with van der Waals surface area (Å²) in [4.78, 5) is 34.1. The molecule has 2 fully saturated rings. The number of fused-ring (bicyclic) bond motifs is 1. The van der Waals surface area contributed by atoms with E-state index in [1.165, 1.54) is 6.07 Å².